The summed E-state index contributed by atoms with van der Waals surface area (Å²) in [5, 5.41) is 7.85. The summed E-state index contributed by atoms with van der Waals surface area (Å²) in [5.41, 5.74) is 0. The van der Waals surface area contributed by atoms with E-state index in [1.54, 1.807) is 0 Å². The number of nitriles is 1. The fourth-order valence-corrected chi connectivity index (χ4v) is 3.55. The molecule has 0 amide bonds. The van der Waals surface area contributed by atoms with Crippen LogP contribution in [-0.4, -0.2) is 30.6 Å². The average Bonchev–Trinajstić information content (AvgIpc) is 2.27. The molecule has 0 aliphatic heterocycles. The first-order chi connectivity index (χ1) is 7.81. The Morgan fingerprint density at radius 1 is 1.18 bits per heavy atom. The molecule has 1 atom stereocenters. The van der Waals surface area contributed by atoms with Gasteiger partial charge < -0.3 is 0 Å². The van der Waals surface area contributed by atoms with Gasteiger partial charge in [-0.05, 0) is 25.7 Å². The van der Waals surface area contributed by atoms with Gasteiger partial charge in [-0.3, -0.25) is 0 Å². The fraction of sp³-hybridized carbons (Fsp3) is 0.917. The standard InChI is InChI=1S/C12H24N2O2S/c1-6-12(7-2)14(9-10(3)4)17(15,16)11(5)8-13/h10-12H,6-7,9H2,1-5H3. The summed E-state index contributed by atoms with van der Waals surface area (Å²) in [5.74, 6) is 0.260. The van der Waals surface area contributed by atoms with E-state index in [4.69, 9.17) is 5.26 Å². The minimum absolute atomic E-state index is 0.00167. The van der Waals surface area contributed by atoms with Crippen LogP contribution in [0.25, 0.3) is 0 Å². The zero-order valence-electron chi connectivity index (χ0n) is 11.5. The molecule has 0 aliphatic carbocycles. The van der Waals surface area contributed by atoms with Gasteiger partial charge in [0.25, 0.3) is 0 Å². The number of hydrogen-bond donors (Lipinski definition) is 0. The van der Waals surface area contributed by atoms with Crippen LogP contribution >= 0.6 is 0 Å². The first kappa shape index (κ1) is 16.4. The minimum atomic E-state index is -3.50. The van der Waals surface area contributed by atoms with Gasteiger partial charge in [0.15, 0.2) is 5.25 Å². The molecule has 1 unspecified atom stereocenters. The van der Waals surface area contributed by atoms with E-state index in [1.165, 1.54) is 11.2 Å². The molecule has 100 valence electrons. The Labute approximate surface area is 106 Å². The van der Waals surface area contributed by atoms with E-state index in [0.29, 0.717) is 6.54 Å². The van der Waals surface area contributed by atoms with Crippen molar-refractivity contribution >= 4 is 10.0 Å². The van der Waals surface area contributed by atoms with Gasteiger partial charge in [-0.25, -0.2) is 8.42 Å². The molecular weight excluding hydrogens is 236 g/mol. The van der Waals surface area contributed by atoms with E-state index in [0.717, 1.165) is 12.8 Å². The highest BCUT2D eigenvalue weighted by Gasteiger charge is 2.33. The van der Waals surface area contributed by atoms with Gasteiger partial charge in [0.2, 0.25) is 10.0 Å². The normalized spacial score (nSPS) is 14.3. The largest absolute Gasteiger partial charge is 0.230 e. The lowest BCUT2D eigenvalue weighted by atomic mass is 10.1. The Bertz CT molecular complexity index is 353. The summed E-state index contributed by atoms with van der Waals surface area (Å²) in [6.45, 7) is 9.87. The second-order valence-corrected chi connectivity index (χ2v) is 6.96. The van der Waals surface area contributed by atoms with Gasteiger partial charge in [0.05, 0.1) is 6.07 Å². The molecule has 0 rings (SSSR count). The molecule has 0 N–H and O–H groups in total. The Kier molecular flexibility index (Phi) is 6.73. The van der Waals surface area contributed by atoms with Crippen molar-refractivity contribution < 1.29 is 8.42 Å². The van der Waals surface area contributed by atoms with Crippen molar-refractivity contribution in [2.24, 2.45) is 5.92 Å². The summed E-state index contributed by atoms with van der Waals surface area (Å²) in [7, 11) is -3.50. The van der Waals surface area contributed by atoms with Crippen LogP contribution < -0.4 is 0 Å². The lowest BCUT2D eigenvalue weighted by Crippen LogP contribution is -2.45. The summed E-state index contributed by atoms with van der Waals surface area (Å²) in [6, 6.07) is 1.83. The Hall–Kier alpha value is -0.600. The predicted molar refractivity (Wildman–Crippen MR) is 69.9 cm³/mol. The predicted octanol–water partition coefficient (Wildman–Crippen LogP) is 2.37. The van der Waals surface area contributed by atoms with Gasteiger partial charge in [0.1, 0.15) is 0 Å². The monoisotopic (exact) mass is 260 g/mol. The van der Waals surface area contributed by atoms with Crippen molar-refractivity contribution in [3.63, 3.8) is 0 Å². The van der Waals surface area contributed by atoms with Crippen molar-refractivity contribution in [2.45, 2.75) is 58.8 Å². The Morgan fingerprint density at radius 3 is 1.94 bits per heavy atom. The number of nitrogens with zero attached hydrogens (tertiary/aromatic N) is 2. The van der Waals surface area contributed by atoms with Crippen LogP contribution in [0.1, 0.15) is 47.5 Å². The van der Waals surface area contributed by atoms with E-state index >= 15 is 0 Å². The molecule has 0 heterocycles. The lowest BCUT2D eigenvalue weighted by Gasteiger charge is -2.31. The summed E-state index contributed by atoms with van der Waals surface area (Å²) in [6.07, 6.45) is 1.56. The highest BCUT2D eigenvalue weighted by atomic mass is 32.2. The Morgan fingerprint density at radius 2 is 1.65 bits per heavy atom. The molecule has 0 aliphatic rings. The smallest absolute Gasteiger partial charge is 0.211 e. The van der Waals surface area contributed by atoms with Crippen LogP contribution in [0.5, 0.6) is 0 Å². The van der Waals surface area contributed by atoms with E-state index in [-0.39, 0.29) is 12.0 Å². The van der Waals surface area contributed by atoms with Crippen molar-refractivity contribution in [2.75, 3.05) is 6.54 Å². The molecule has 0 aromatic rings. The summed E-state index contributed by atoms with van der Waals surface area (Å²) < 4.78 is 26.0. The van der Waals surface area contributed by atoms with Gasteiger partial charge in [-0.2, -0.15) is 9.57 Å². The van der Waals surface area contributed by atoms with Crippen LogP contribution in [0.3, 0.4) is 0 Å². The van der Waals surface area contributed by atoms with Crippen LogP contribution in [0, 0.1) is 17.2 Å². The number of rotatable bonds is 7. The molecule has 0 fully saturated rings. The maximum atomic E-state index is 12.3. The number of hydrogen-bond acceptors (Lipinski definition) is 3. The summed E-state index contributed by atoms with van der Waals surface area (Å²) in [4.78, 5) is 0. The third kappa shape index (κ3) is 4.29. The topological polar surface area (TPSA) is 61.2 Å². The second kappa shape index (κ2) is 6.97. The number of sulfonamides is 1. The average molecular weight is 260 g/mol. The Balaban J connectivity index is 5.25. The van der Waals surface area contributed by atoms with Crippen LogP contribution in [0.4, 0.5) is 0 Å². The summed E-state index contributed by atoms with van der Waals surface area (Å²) >= 11 is 0. The van der Waals surface area contributed by atoms with Crippen molar-refractivity contribution in [1.29, 1.82) is 5.26 Å². The molecule has 0 saturated carbocycles. The van der Waals surface area contributed by atoms with Gasteiger partial charge >= 0.3 is 0 Å². The van der Waals surface area contributed by atoms with Crippen LogP contribution in [-0.2, 0) is 10.0 Å². The molecule has 0 aromatic heterocycles. The first-order valence-electron chi connectivity index (χ1n) is 6.21. The van der Waals surface area contributed by atoms with E-state index < -0.39 is 15.3 Å². The lowest BCUT2D eigenvalue weighted by molar-refractivity contribution is 0.276. The molecule has 0 saturated heterocycles. The second-order valence-electron chi connectivity index (χ2n) is 4.75. The molecule has 0 aromatic carbocycles. The third-order valence-corrected chi connectivity index (χ3v) is 4.95. The third-order valence-electron chi connectivity index (χ3n) is 2.85. The van der Waals surface area contributed by atoms with E-state index in [9.17, 15) is 8.42 Å². The molecule has 0 radical (unpaired) electrons. The molecule has 5 heteroatoms. The van der Waals surface area contributed by atoms with Crippen molar-refractivity contribution in [3.8, 4) is 6.07 Å². The zero-order chi connectivity index (χ0) is 13.6. The van der Waals surface area contributed by atoms with Gasteiger partial charge in [-0.15, -0.1) is 0 Å². The van der Waals surface area contributed by atoms with Crippen molar-refractivity contribution in [3.05, 3.63) is 0 Å². The first-order valence-corrected chi connectivity index (χ1v) is 7.71. The maximum absolute atomic E-state index is 12.3. The molecule has 0 bridgehead atoms. The van der Waals surface area contributed by atoms with Crippen molar-refractivity contribution in [1.82, 2.24) is 4.31 Å². The SMILES string of the molecule is CCC(CC)N(CC(C)C)S(=O)(=O)C(C)C#N. The van der Waals surface area contributed by atoms with Crippen LogP contribution in [0.15, 0.2) is 0 Å². The quantitative estimate of drug-likeness (QED) is 0.706. The van der Waals surface area contributed by atoms with Gasteiger partial charge in [0, 0.05) is 12.6 Å². The molecule has 17 heavy (non-hydrogen) atoms. The highest BCUT2D eigenvalue weighted by molar-refractivity contribution is 7.90. The van der Waals surface area contributed by atoms with Gasteiger partial charge in [-0.1, -0.05) is 27.7 Å². The highest BCUT2D eigenvalue weighted by Crippen LogP contribution is 2.19. The zero-order valence-corrected chi connectivity index (χ0v) is 12.3. The minimum Gasteiger partial charge on any atom is -0.211 e. The van der Waals surface area contributed by atoms with Crippen LogP contribution in [0.2, 0.25) is 0 Å². The van der Waals surface area contributed by atoms with E-state index in [1.807, 2.05) is 33.8 Å². The molecule has 0 spiro atoms. The fourth-order valence-electron chi connectivity index (χ4n) is 1.79. The molecule has 4 nitrogen and oxygen atoms in total. The maximum Gasteiger partial charge on any atom is 0.230 e. The molecular formula is C12H24N2O2S. The van der Waals surface area contributed by atoms with E-state index in [2.05, 4.69) is 0 Å².